The van der Waals surface area contributed by atoms with Crippen molar-refractivity contribution >= 4 is 28.7 Å². The van der Waals surface area contributed by atoms with E-state index in [1.54, 1.807) is 33.7 Å². The fourth-order valence-corrected chi connectivity index (χ4v) is 6.09. The molecule has 0 saturated carbocycles. The molecule has 4 aromatic carbocycles. The van der Waals surface area contributed by atoms with Crippen LogP contribution in [-0.4, -0.2) is 96.0 Å². The molecule has 1 aromatic heterocycles. The number of carbonyl (C=O) groups is 3. The number of benzene rings is 4. The summed E-state index contributed by atoms with van der Waals surface area (Å²) >= 11 is 0. The third-order valence-corrected chi connectivity index (χ3v) is 9.50. The Morgan fingerprint density at radius 1 is 0.780 bits per heavy atom. The number of aliphatic hydroxyl groups is 2. The Hall–Kier alpha value is -6.04. The molecule has 2 unspecified atom stereocenters. The number of fused-ring (bicyclic) bond motifs is 1. The fourth-order valence-electron chi connectivity index (χ4n) is 6.09. The first-order valence-corrected chi connectivity index (χ1v) is 18.4. The van der Waals surface area contributed by atoms with Gasteiger partial charge in [0, 0.05) is 26.1 Å². The summed E-state index contributed by atoms with van der Waals surface area (Å²) in [6.45, 7) is 6.85. The van der Waals surface area contributed by atoms with E-state index in [0.717, 1.165) is 54.5 Å². The van der Waals surface area contributed by atoms with Gasteiger partial charge < -0.3 is 34.8 Å². The van der Waals surface area contributed by atoms with E-state index in [-0.39, 0.29) is 43.2 Å². The van der Waals surface area contributed by atoms with E-state index in [2.05, 4.69) is 9.88 Å². The van der Waals surface area contributed by atoms with Gasteiger partial charge in [0.05, 0.1) is 16.5 Å². The summed E-state index contributed by atoms with van der Waals surface area (Å²) in [5, 5.41) is 32.9. The highest BCUT2D eigenvalue weighted by Crippen LogP contribution is 2.31. The predicted octanol–water partition coefficient (Wildman–Crippen LogP) is 5.39. The molecule has 2 atom stereocenters. The van der Waals surface area contributed by atoms with Crippen LogP contribution in [0.2, 0.25) is 0 Å². The largest absolute Gasteiger partial charge is 0.479 e. The highest BCUT2D eigenvalue weighted by atomic mass is 19.4. The Balaban J connectivity index is 0.000000680. The Labute approximate surface area is 335 Å². The zero-order valence-electron chi connectivity index (χ0n) is 32.1. The minimum Gasteiger partial charge on any atom is -0.479 e. The Morgan fingerprint density at radius 3 is 1.92 bits per heavy atom. The number of halogens is 5. The van der Waals surface area contributed by atoms with Crippen molar-refractivity contribution in [1.82, 2.24) is 19.4 Å². The topological polar surface area (TPSA) is 174 Å². The van der Waals surface area contributed by atoms with Crippen molar-refractivity contribution in [2.45, 2.75) is 58.2 Å². The van der Waals surface area contributed by atoms with Crippen molar-refractivity contribution in [3.05, 3.63) is 135 Å². The number of carboxylic acids is 2. The number of aliphatic carboxylic acids is 2. The standard InChI is InChI=1S/C38H37F5N4O2.C4H6O6/c1-3-45(4-2)21-22-46(24-26-9-11-27(12-10-26)28-13-16-30(17-14-28)38(41,42)43)36(48)25-47-34-8-6-5-7-32(34)37(49)44-35(47)20-15-29-23-31(39)18-19-33(29)40;5-1(3(7)8)2(6)4(9)10/h5-14,16-19,23H,3-4,15,20-22,24-25H2,1-2H3;1-2,5-6H,(H,7,8)(H,9,10). The van der Waals surface area contributed by atoms with Gasteiger partial charge in [-0.05, 0) is 84.2 Å². The van der Waals surface area contributed by atoms with E-state index < -0.39 is 53.1 Å². The maximum Gasteiger partial charge on any atom is 0.416 e. The lowest BCUT2D eigenvalue weighted by molar-refractivity contribution is -0.165. The van der Waals surface area contributed by atoms with Crippen molar-refractivity contribution in [3.63, 3.8) is 0 Å². The van der Waals surface area contributed by atoms with Crippen LogP contribution >= 0.6 is 0 Å². The molecule has 0 spiro atoms. The first kappa shape index (κ1) is 45.7. The van der Waals surface area contributed by atoms with Gasteiger partial charge in [-0.25, -0.2) is 18.4 Å². The van der Waals surface area contributed by atoms with Crippen molar-refractivity contribution in [1.29, 1.82) is 0 Å². The van der Waals surface area contributed by atoms with Gasteiger partial charge in [-0.1, -0.05) is 62.4 Å². The van der Waals surface area contributed by atoms with Crippen LogP contribution in [0.4, 0.5) is 22.0 Å². The van der Waals surface area contributed by atoms with Crippen LogP contribution in [0.5, 0.6) is 0 Å². The van der Waals surface area contributed by atoms with Gasteiger partial charge in [0.15, 0.2) is 12.2 Å². The molecule has 0 fully saturated rings. The third-order valence-electron chi connectivity index (χ3n) is 9.50. The van der Waals surface area contributed by atoms with E-state index >= 15 is 0 Å². The summed E-state index contributed by atoms with van der Waals surface area (Å²) < 4.78 is 69.1. The molecule has 1 amide bonds. The maximum absolute atomic E-state index is 14.5. The number of nitrogens with zero attached hydrogens (tertiary/aromatic N) is 4. The van der Waals surface area contributed by atoms with Crippen LogP contribution in [-0.2, 0) is 46.5 Å². The summed E-state index contributed by atoms with van der Waals surface area (Å²) in [6.07, 6.45) is -8.78. The van der Waals surface area contributed by atoms with E-state index in [4.69, 9.17) is 20.4 Å². The molecule has 17 heteroatoms. The zero-order chi connectivity index (χ0) is 43.4. The molecular weight excluding hydrogens is 783 g/mol. The quantitative estimate of drug-likeness (QED) is 0.0945. The molecule has 59 heavy (non-hydrogen) atoms. The van der Waals surface area contributed by atoms with Gasteiger partial charge in [-0.15, -0.1) is 0 Å². The lowest BCUT2D eigenvalue weighted by atomic mass is 10.0. The van der Waals surface area contributed by atoms with Crippen LogP contribution in [0.1, 0.15) is 36.4 Å². The first-order chi connectivity index (χ1) is 27.9. The number of hydrogen-bond acceptors (Lipinski definition) is 8. The number of aliphatic hydroxyl groups excluding tert-OH is 2. The average Bonchev–Trinajstić information content (AvgIpc) is 3.21. The molecule has 0 bridgehead atoms. The fraction of sp³-hybridized carbons (Fsp3) is 0.310. The van der Waals surface area contributed by atoms with Gasteiger partial charge in [-0.3, -0.25) is 9.59 Å². The Kier molecular flexibility index (Phi) is 15.9. The number of alkyl halides is 3. The second-order valence-corrected chi connectivity index (χ2v) is 13.4. The number of amides is 1. The summed E-state index contributed by atoms with van der Waals surface area (Å²) in [7, 11) is 0. The highest BCUT2D eigenvalue weighted by molar-refractivity contribution is 5.83. The molecule has 4 N–H and O–H groups in total. The number of rotatable bonds is 16. The summed E-state index contributed by atoms with van der Waals surface area (Å²) in [4.78, 5) is 54.9. The minimum atomic E-state index is -4.42. The van der Waals surface area contributed by atoms with Crippen molar-refractivity contribution in [2.75, 3.05) is 26.2 Å². The molecule has 0 aliphatic carbocycles. The maximum atomic E-state index is 14.5. The molecule has 5 rings (SSSR count). The monoisotopic (exact) mass is 826 g/mol. The molecule has 1 heterocycles. The number of hydrogen-bond donors (Lipinski definition) is 4. The predicted molar refractivity (Wildman–Crippen MR) is 207 cm³/mol. The Bertz CT molecular complexity index is 2260. The van der Waals surface area contributed by atoms with Gasteiger partial charge in [0.25, 0.3) is 5.56 Å². The van der Waals surface area contributed by atoms with Gasteiger partial charge >= 0.3 is 18.1 Å². The number of likely N-dealkylation sites (N-methyl/N-ethyl adjacent to an activating group) is 1. The molecule has 0 aliphatic rings. The van der Waals surface area contributed by atoms with Crippen LogP contribution in [0.15, 0.2) is 95.8 Å². The highest BCUT2D eigenvalue weighted by Gasteiger charge is 2.30. The number of aryl methyl sites for hydroxylation is 2. The number of para-hydroxylation sites is 1. The van der Waals surface area contributed by atoms with Crippen molar-refractivity contribution in [3.8, 4) is 11.1 Å². The molecule has 0 saturated heterocycles. The van der Waals surface area contributed by atoms with E-state index in [1.807, 2.05) is 38.1 Å². The normalized spacial score (nSPS) is 12.4. The van der Waals surface area contributed by atoms with Crippen LogP contribution < -0.4 is 5.56 Å². The summed E-state index contributed by atoms with van der Waals surface area (Å²) in [5.74, 6) is -4.63. The van der Waals surface area contributed by atoms with Crippen molar-refractivity contribution in [2.24, 2.45) is 0 Å². The second kappa shape index (κ2) is 20.6. The molecule has 12 nitrogen and oxygen atoms in total. The molecule has 0 aliphatic heterocycles. The first-order valence-electron chi connectivity index (χ1n) is 18.4. The van der Waals surface area contributed by atoms with Crippen molar-refractivity contribution < 1.29 is 56.8 Å². The SMILES string of the molecule is CCN(CC)CCN(Cc1ccc(-c2ccc(C(F)(F)F)cc2)cc1)C(=O)Cn1c(CCc2cc(F)ccc2F)nc(=O)c2ccccc21.O=C(O)C(O)C(O)C(=O)O. The summed E-state index contributed by atoms with van der Waals surface area (Å²) in [5.41, 5.74) is 1.66. The van der Waals surface area contributed by atoms with Gasteiger partial charge in [-0.2, -0.15) is 18.2 Å². The van der Waals surface area contributed by atoms with Crippen LogP contribution in [0.25, 0.3) is 22.0 Å². The van der Waals surface area contributed by atoms with E-state index in [1.165, 1.54) is 12.1 Å². The zero-order valence-corrected chi connectivity index (χ0v) is 32.1. The number of carbonyl (C=O) groups excluding carboxylic acids is 1. The smallest absolute Gasteiger partial charge is 0.416 e. The van der Waals surface area contributed by atoms with Gasteiger partial charge in [0.2, 0.25) is 5.91 Å². The Morgan fingerprint density at radius 2 is 1.36 bits per heavy atom. The molecule has 0 radical (unpaired) electrons. The van der Waals surface area contributed by atoms with E-state index in [9.17, 15) is 41.1 Å². The lowest BCUT2D eigenvalue weighted by Crippen LogP contribution is -2.40. The number of carboxylic acid groups (broad SMARTS) is 2. The van der Waals surface area contributed by atoms with E-state index in [0.29, 0.717) is 29.6 Å². The minimum absolute atomic E-state index is 0.0690. The lowest BCUT2D eigenvalue weighted by Gasteiger charge is -2.28. The van der Waals surface area contributed by atoms with Crippen LogP contribution in [0.3, 0.4) is 0 Å². The number of aromatic nitrogens is 2. The third kappa shape index (κ3) is 12.5. The molecular formula is C42H43F5N4O8. The molecule has 314 valence electrons. The van der Waals surface area contributed by atoms with Crippen LogP contribution in [0, 0.1) is 11.6 Å². The average molecular weight is 827 g/mol. The van der Waals surface area contributed by atoms with Gasteiger partial charge in [0.1, 0.15) is 24.0 Å². The molecule has 5 aromatic rings. The summed E-state index contributed by atoms with van der Waals surface area (Å²) in [6, 6.07) is 22.3. The second-order valence-electron chi connectivity index (χ2n) is 13.4.